The third kappa shape index (κ3) is 5.02. The number of rotatable bonds is 10. The standard InChI is InChI=1S/C16H23O4Si/c1-3-18-15-12(6-5-9-17-10-13-11-20-13)7-8-14(21)16(15)19-4-2/h7-8,13H,3-6,9-11H2,1-2H3. The molecule has 3 radical (unpaired) electrons. The fraction of sp³-hybridized carbons (Fsp3) is 0.625. The minimum atomic E-state index is 0.334. The maximum absolute atomic E-state index is 5.79. The second kappa shape index (κ2) is 8.41. The average Bonchev–Trinajstić information content (AvgIpc) is 3.29. The van der Waals surface area contributed by atoms with Crippen molar-refractivity contribution in [1.29, 1.82) is 0 Å². The molecule has 1 saturated heterocycles. The summed E-state index contributed by atoms with van der Waals surface area (Å²) in [6.45, 7) is 7.50. The lowest BCUT2D eigenvalue weighted by Gasteiger charge is -2.17. The molecule has 115 valence electrons. The number of epoxide rings is 1. The molecule has 1 fully saturated rings. The van der Waals surface area contributed by atoms with Gasteiger partial charge in [0.2, 0.25) is 0 Å². The highest BCUT2D eigenvalue weighted by Crippen LogP contribution is 2.30. The van der Waals surface area contributed by atoms with Crippen LogP contribution in [0.2, 0.25) is 0 Å². The van der Waals surface area contributed by atoms with Crippen molar-refractivity contribution >= 4 is 15.4 Å². The van der Waals surface area contributed by atoms with Gasteiger partial charge in [0, 0.05) is 6.61 Å². The molecule has 1 aromatic rings. The summed E-state index contributed by atoms with van der Waals surface area (Å²) in [5, 5.41) is 0.922. The second-order valence-electron chi connectivity index (χ2n) is 4.93. The van der Waals surface area contributed by atoms with E-state index in [2.05, 4.69) is 16.3 Å². The molecule has 1 aliphatic heterocycles. The summed E-state index contributed by atoms with van der Waals surface area (Å²) in [5.41, 5.74) is 1.16. The third-order valence-corrected chi connectivity index (χ3v) is 3.61. The molecule has 0 amide bonds. The smallest absolute Gasteiger partial charge is 0.164 e. The Morgan fingerprint density at radius 2 is 1.90 bits per heavy atom. The molecule has 0 aliphatic carbocycles. The van der Waals surface area contributed by atoms with Gasteiger partial charge < -0.3 is 18.9 Å². The summed E-state index contributed by atoms with van der Waals surface area (Å²) < 4.78 is 22.2. The van der Waals surface area contributed by atoms with E-state index >= 15 is 0 Å². The Labute approximate surface area is 130 Å². The first kappa shape index (κ1) is 16.3. The van der Waals surface area contributed by atoms with Crippen molar-refractivity contribution in [2.24, 2.45) is 0 Å². The van der Waals surface area contributed by atoms with Gasteiger partial charge in [-0.3, -0.25) is 0 Å². The number of benzene rings is 1. The number of aryl methyl sites for hydroxylation is 1. The highest BCUT2D eigenvalue weighted by atomic mass is 28.1. The molecule has 4 nitrogen and oxygen atoms in total. The van der Waals surface area contributed by atoms with Gasteiger partial charge in [0.1, 0.15) is 6.10 Å². The Kier molecular flexibility index (Phi) is 6.54. The number of ether oxygens (including phenoxy) is 4. The molecule has 5 heteroatoms. The zero-order chi connectivity index (χ0) is 15.1. The lowest BCUT2D eigenvalue weighted by Crippen LogP contribution is -2.13. The molecule has 0 spiro atoms. The van der Waals surface area contributed by atoms with Crippen LogP contribution in [-0.4, -0.2) is 49.4 Å². The van der Waals surface area contributed by atoms with Crippen LogP contribution in [-0.2, 0) is 15.9 Å². The molecule has 1 heterocycles. The summed E-state index contributed by atoms with van der Waals surface area (Å²) in [6, 6.07) is 4.10. The first-order valence-corrected chi connectivity index (χ1v) is 8.08. The molecule has 1 aliphatic rings. The summed E-state index contributed by atoms with van der Waals surface area (Å²) in [6.07, 6.45) is 2.20. The summed E-state index contributed by atoms with van der Waals surface area (Å²) in [4.78, 5) is 0. The van der Waals surface area contributed by atoms with Crippen LogP contribution in [0.4, 0.5) is 0 Å². The van der Waals surface area contributed by atoms with E-state index in [9.17, 15) is 0 Å². The fourth-order valence-electron chi connectivity index (χ4n) is 2.13. The Hall–Kier alpha value is -1.04. The molecule has 1 unspecified atom stereocenters. The van der Waals surface area contributed by atoms with E-state index in [-0.39, 0.29) is 0 Å². The van der Waals surface area contributed by atoms with Crippen molar-refractivity contribution in [3.05, 3.63) is 17.7 Å². The number of hydrogen-bond acceptors (Lipinski definition) is 4. The van der Waals surface area contributed by atoms with Crippen molar-refractivity contribution in [1.82, 2.24) is 0 Å². The Morgan fingerprint density at radius 1 is 1.19 bits per heavy atom. The SMILES string of the molecule is CCOc1c([Si])ccc(CCCOCC2CO2)c1OCC. The van der Waals surface area contributed by atoms with Crippen LogP contribution in [0.5, 0.6) is 11.5 Å². The molecule has 21 heavy (non-hydrogen) atoms. The first-order valence-electron chi connectivity index (χ1n) is 7.58. The van der Waals surface area contributed by atoms with Gasteiger partial charge >= 0.3 is 0 Å². The fourth-order valence-corrected chi connectivity index (χ4v) is 2.40. The maximum Gasteiger partial charge on any atom is 0.164 e. The quantitative estimate of drug-likeness (QED) is 0.374. The van der Waals surface area contributed by atoms with E-state index in [1.807, 2.05) is 19.9 Å². The summed E-state index contributed by atoms with van der Waals surface area (Å²) >= 11 is 0. The minimum Gasteiger partial charge on any atom is -0.490 e. The molecule has 1 atom stereocenters. The molecule has 0 N–H and O–H groups in total. The van der Waals surface area contributed by atoms with Gasteiger partial charge in [0.25, 0.3) is 0 Å². The van der Waals surface area contributed by atoms with Crippen molar-refractivity contribution in [3.63, 3.8) is 0 Å². The molecule has 1 aromatic carbocycles. The molecule has 0 saturated carbocycles. The predicted molar refractivity (Wildman–Crippen MR) is 83.0 cm³/mol. The normalized spacial score (nSPS) is 16.8. The molecule has 0 bridgehead atoms. The van der Waals surface area contributed by atoms with Crippen LogP contribution < -0.4 is 14.7 Å². The van der Waals surface area contributed by atoms with Crippen LogP contribution in [0, 0.1) is 0 Å². The molecular weight excluding hydrogens is 284 g/mol. The van der Waals surface area contributed by atoms with Gasteiger partial charge in [-0.15, -0.1) is 0 Å². The van der Waals surface area contributed by atoms with Crippen LogP contribution in [0.25, 0.3) is 0 Å². The number of hydrogen-bond donors (Lipinski definition) is 0. The van der Waals surface area contributed by atoms with Crippen LogP contribution in [0.1, 0.15) is 25.8 Å². The van der Waals surface area contributed by atoms with E-state index in [0.29, 0.717) is 25.9 Å². The predicted octanol–water partition coefficient (Wildman–Crippen LogP) is 1.63. The highest BCUT2D eigenvalue weighted by Gasteiger charge is 2.22. The third-order valence-electron chi connectivity index (χ3n) is 3.21. The minimum absolute atomic E-state index is 0.334. The lowest BCUT2D eigenvalue weighted by atomic mass is 10.1. The van der Waals surface area contributed by atoms with Crippen LogP contribution in [0.3, 0.4) is 0 Å². The van der Waals surface area contributed by atoms with Gasteiger partial charge in [-0.25, -0.2) is 0 Å². The largest absolute Gasteiger partial charge is 0.490 e. The van der Waals surface area contributed by atoms with Crippen molar-refractivity contribution in [3.8, 4) is 11.5 Å². The van der Waals surface area contributed by atoms with Crippen LogP contribution >= 0.6 is 0 Å². The first-order chi connectivity index (χ1) is 10.3. The molecule has 0 aromatic heterocycles. The van der Waals surface area contributed by atoms with E-state index in [0.717, 1.165) is 48.3 Å². The zero-order valence-corrected chi connectivity index (χ0v) is 13.8. The van der Waals surface area contributed by atoms with Crippen molar-refractivity contribution in [2.75, 3.05) is 33.0 Å². The van der Waals surface area contributed by atoms with E-state index < -0.39 is 0 Å². The van der Waals surface area contributed by atoms with Gasteiger partial charge in [0.05, 0.1) is 36.7 Å². The van der Waals surface area contributed by atoms with Crippen molar-refractivity contribution in [2.45, 2.75) is 32.8 Å². The maximum atomic E-state index is 5.79. The van der Waals surface area contributed by atoms with Crippen LogP contribution in [0.15, 0.2) is 12.1 Å². The lowest BCUT2D eigenvalue weighted by molar-refractivity contribution is 0.114. The van der Waals surface area contributed by atoms with Gasteiger partial charge in [-0.1, -0.05) is 12.1 Å². The Bertz CT molecular complexity index is 446. The van der Waals surface area contributed by atoms with Gasteiger partial charge in [-0.05, 0) is 37.4 Å². The zero-order valence-electron chi connectivity index (χ0n) is 12.8. The average molecular weight is 307 g/mol. The van der Waals surface area contributed by atoms with E-state index in [1.54, 1.807) is 0 Å². The van der Waals surface area contributed by atoms with E-state index in [1.165, 1.54) is 0 Å². The second-order valence-corrected chi connectivity index (χ2v) is 5.47. The molecule has 2 rings (SSSR count). The van der Waals surface area contributed by atoms with Crippen molar-refractivity contribution < 1.29 is 18.9 Å². The van der Waals surface area contributed by atoms with Gasteiger partial charge in [-0.2, -0.15) is 0 Å². The Balaban J connectivity index is 1.93. The molecular formula is C16H23O4Si. The summed E-state index contributed by atoms with van der Waals surface area (Å²) in [7, 11) is 3.58. The summed E-state index contributed by atoms with van der Waals surface area (Å²) in [5.74, 6) is 1.64. The highest BCUT2D eigenvalue weighted by molar-refractivity contribution is 6.34. The topological polar surface area (TPSA) is 40.2 Å². The van der Waals surface area contributed by atoms with E-state index in [4.69, 9.17) is 18.9 Å². The Morgan fingerprint density at radius 3 is 2.57 bits per heavy atom. The van der Waals surface area contributed by atoms with Gasteiger partial charge in [0.15, 0.2) is 11.5 Å². The monoisotopic (exact) mass is 307 g/mol.